The molecule has 1 heterocycles. The zero-order valence-corrected chi connectivity index (χ0v) is 22.4. The van der Waals surface area contributed by atoms with Crippen LogP contribution in [0.15, 0.2) is 72.4 Å². The summed E-state index contributed by atoms with van der Waals surface area (Å²) in [5, 5.41) is 4.66. The molecule has 7 nitrogen and oxygen atoms in total. The molecule has 4 rings (SSSR count). The number of rotatable bonds is 9. The van der Waals surface area contributed by atoms with Crippen LogP contribution >= 0.6 is 23.2 Å². The third kappa shape index (κ3) is 5.70. The van der Waals surface area contributed by atoms with Crippen LogP contribution in [0.2, 0.25) is 10.0 Å². The summed E-state index contributed by atoms with van der Waals surface area (Å²) >= 11 is 12.6. The number of amides is 1. The molecular weight excluding hydrogens is 513 g/mol. The lowest BCUT2D eigenvalue weighted by Gasteiger charge is -2.42. The van der Waals surface area contributed by atoms with E-state index in [0.29, 0.717) is 39.4 Å². The molecule has 0 radical (unpaired) electrons. The van der Waals surface area contributed by atoms with Gasteiger partial charge in [0.15, 0.2) is 11.5 Å². The second-order valence-electron chi connectivity index (χ2n) is 8.66. The Hall–Kier alpha value is -3.23. The first-order chi connectivity index (χ1) is 17.8. The Bertz CT molecular complexity index is 1330. The van der Waals surface area contributed by atoms with E-state index in [4.69, 9.17) is 43.1 Å². The zero-order valence-electron chi connectivity index (χ0n) is 20.9. The minimum absolute atomic E-state index is 0.175. The van der Waals surface area contributed by atoms with Gasteiger partial charge >= 0.3 is 0 Å². The van der Waals surface area contributed by atoms with Crippen molar-refractivity contribution in [2.45, 2.75) is 25.9 Å². The lowest BCUT2D eigenvalue weighted by atomic mass is 9.96. The average molecular weight is 542 g/mol. The van der Waals surface area contributed by atoms with E-state index in [1.165, 1.54) is 4.90 Å². The molecule has 0 fully saturated rings. The normalized spacial score (nSPS) is 16.6. The van der Waals surface area contributed by atoms with E-state index in [1.807, 2.05) is 67.6 Å². The molecule has 1 amide bonds. The number of fused-ring (bicyclic) bond motifs is 1. The van der Waals surface area contributed by atoms with E-state index in [-0.39, 0.29) is 19.1 Å². The maximum atomic E-state index is 12.7. The number of nitrogens with zero attached hydrogens (tertiary/aromatic N) is 1. The van der Waals surface area contributed by atoms with Gasteiger partial charge in [0.25, 0.3) is 0 Å². The summed E-state index contributed by atoms with van der Waals surface area (Å²) in [7, 11) is 3.20. The van der Waals surface area contributed by atoms with Crippen LogP contribution in [-0.4, -0.2) is 37.2 Å². The Balaban J connectivity index is 1.71. The maximum absolute atomic E-state index is 12.7. The first-order valence-electron chi connectivity index (χ1n) is 11.7. The van der Waals surface area contributed by atoms with Gasteiger partial charge in [0, 0.05) is 33.9 Å². The molecule has 0 saturated carbocycles. The number of hydrogen-bond acceptors (Lipinski definition) is 6. The van der Waals surface area contributed by atoms with Gasteiger partial charge in [-0.1, -0.05) is 59.6 Å². The van der Waals surface area contributed by atoms with Crippen molar-refractivity contribution in [3.63, 3.8) is 0 Å². The predicted octanol–water partition coefficient (Wildman–Crippen LogP) is 5.66. The second-order valence-corrected chi connectivity index (χ2v) is 9.48. The van der Waals surface area contributed by atoms with Crippen LogP contribution in [0.1, 0.15) is 23.6 Å². The molecule has 1 unspecified atom stereocenters. The summed E-state index contributed by atoms with van der Waals surface area (Å²) in [6.45, 7) is 2.16. The molecule has 3 aromatic rings. The van der Waals surface area contributed by atoms with Crippen LogP contribution in [-0.2, 0) is 27.5 Å². The maximum Gasteiger partial charge on any atom is 0.240 e. The van der Waals surface area contributed by atoms with Crippen molar-refractivity contribution in [1.82, 2.24) is 4.90 Å². The molecule has 3 aromatic carbocycles. The van der Waals surface area contributed by atoms with Crippen LogP contribution < -0.4 is 15.8 Å². The molecule has 0 spiro atoms. The van der Waals surface area contributed by atoms with E-state index < -0.39 is 5.72 Å². The Labute approximate surface area is 226 Å². The molecule has 9 heteroatoms. The number of nitrogens with one attached hydrogen (secondary N) is 1. The molecule has 0 bridgehead atoms. The third-order valence-corrected chi connectivity index (χ3v) is 6.93. The fourth-order valence-electron chi connectivity index (χ4n) is 4.23. The average Bonchev–Trinajstić information content (AvgIpc) is 2.90. The molecule has 0 aromatic heterocycles. The number of benzene rings is 3. The molecule has 1 atom stereocenters. The fourth-order valence-corrected chi connectivity index (χ4v) is 4.61. The Morgan fingerprint density at radius 3 is 2.22 bits per heavy atom. The van der Waals surface area contributed by atoms with E-state index >= 15 is 0 Å². The standard InChI is InChI=1S/C28H29Cl2N3O4/c1-28(37-17-19-9-5-7-11-23(19)30)27(33(2)25(34)15-31)26(35-3)21-14-20(12-13-24(21)32-28)36-16-18-8-4-6-10-22(18)29/h4-14,32H,15-17,31H2,1-3H3. The van der Waals surface area contributed by atoms with E-state index in [2.05, 4.69) is 5.32 Å². The number of hydrogen-bond donors (Lipinski definition) is 2. The summed E-state index contributed by atoms with van der Waals surface area (Å²) in [5.74, 6) is 0.777. The molecule has 0 saturated heterocycles. The van der Waals surface area contributed by atoms with Gasteiger partial charge in [0.2, 0.25) is 5.91 Å². The number of likely N-dealkylation sites (N-methyl/N-ethyl adjacent to an activating group) is 1. The minimum atomic E-state index is -1.14. The Kier molecular flexibility index (Phi) is 8.29. The van der Waals surface area contributed by atoms with E-state index in [1.54, 1.807) is 20.2 Å². The molecule has 37 heavy (non-hydrogen) atoms. The topological polar surface area (TPSA) is 86.1 Å². The van der Waals surface area contributed by atoms with Crippen LogP contribution in [0.5, 0.6) is 5.75 Å². The first-order valence-corrected chi connectivity index (χ1v) is 12.4. The lowest BCUT2D eigenvalue weighted by molar-refractivity contribution is -0.129. The highest BCUT2D eigenvalue weighted by atomic mass is 35.5. The van der Waals surface area contributed by atoms with Crippen molar-refractivity contribution in [2.75, 3.05) is 26.0 Å². The predicted molar refractivity (Wildman–Crippen MR) is 146 cm³/mol. The van der Waals surface area contributed by atoms with Crippen molar-refractivity contribution >= 4 is 40.6 Å². The lowest BCUT2D eigenvalue weighted by Crippen LogP contribution is -2.50. The van der Waals surface area contributed by atoms with Crippen LogP contribution in [0.25, 0.3) is 5.76 Å². The van der Waals surface area contributed by atoms with Crippen LogP contribution in [0.4, 0.5) is 5.69 Å². The Morgan fingerprint density at radius 2 is 1.62 bits per heavy atom. The van der Waals surface area contributed by atoms with Gasteiger partial charge in [0.1, 0.15) is 18.1 Å². The van der Waals surface area contributed by atoms with Crippen molar-refractivity contribution < 1.29 is 19.0 Å². The van der Waals surface area contributed by atoms with Gasteiger partial charge in [-0.2, -0.15) is 0 Å². The number of carbonyl (C=O) groups is 1. The monoisotopic (exact) mass is 541 g/mol. The number of anilines is 1. The molecule has 1 aliphatic rings. The van der Waals surface area contributed by atoms with Gasteiger partial charge in [0.05, 0.1) is 20.3 Å². The third-order valence-electron chi connectivity index (χ3n) is 6.19. The van der Waals surface area contributed by atoms with Crippen LogP contribution in [0, 0.1) is 0 Å². The van der Waals surface area contributed by atoms with Crippen LogP contribution in [0.3, 0.4) is 0 Å². The van der Waals surface area contributed by atoms with Gasteiger partial charge in [-0.25, -0.2) is 0 Å². The van der Waals surface area contributed by atoms with E-state index in [9.17, 15) is 4.79 Å². The fraction of sp³-hybridized carbons (Fsp3) is 0.250. The zero-order chi connectivity index (χ0) is 26.6. The smallest absolute Gasteiger partial charge is 0.240 e. The number of methoxy groups -OCH3 is 1. The number of halogens is 2. The molecule has 194 valence electrons. The summed E-state index contributed by atoms with van der Waals surface area (Å²) in [4.78, 5) is 14.2. The van der Waals surface area contributed by atoms with Gasteiger partial charge < -0.3 is 30.2 Å². The minimum Gasteiger partial charge on any atom is -0.494 e. The van der Waals surface area contributed by atoms with Crippen molar-refractivity contribution in [3.8, 4) is 5.75 Å². The van der Waals surface area contributed by atoms with Gasteiger partial charge in [-0.3, -0.25) is 4.79 Å². The highest BCUT2D eigenvalue weighted by Crippen LogP contribution is 2.43. The van der Waals surface area contributed by atoms with Crippen molar-refractivity contribution in [2.24, 2.45) is 5.73 Å². The summed E-state index contributed by atoms with van der Waals surface area (Å²) in [6, 6.07) is 20.5. The molecule has 1 aliphatic heterocycles. The second kappa shape index (κ2) is 11.4. The summed E-state index contributed by atoms with van der Waals surface area (Å²) in [6.07, 6.45) is 0. The number of nitrogens with two attached hydrogens (primary N) is 1. The van der Waals surface area contributed by atoms with Crippen molar-refractivity contribution in [3.05, 3.63) is 99.2 Å². The van der Waals surface area contributed by atoms with Crippen molar-refractivity contribution in [1.29, 1.82) is 0 Å². The van der Waals surface area contributed by atoms with Gasteiger partial charge in [-0.05, 0) is 42.8 Å². The van der Waals surface area contributed by atoms with E-state index in [0.717, 1.165) is 16.8 Å². The summed E-state index contributed by atoms with van der Waals surface area (Å²) in [5.41, 5.74) is 8.19. The molecule has 0 aliphatic carbocycles. The summed E-state index contributed by atoms with van der Waals surface area (Å²) < 4.78 is 18.3. The van der Waals surface area contributed by atoms with Gasteiger partial charge in [-0.15, -0.1) is 0 Å². The highest BCUT2D eigenvalue weighted by Gasteiger charge is 2.42. The highest BCUT2D eigenvalue weighted by molar-refractivity contribution is 6.31. The quantitative estimate of drug-likeness (QED) is 0.363. The first kappa shape index (κ1) is 26.8. The Morgan fingerprint density at radius 1 is 1.00 bits per heavy atom. The molecule has 3 N–H and O–H groups in total. The largest absolute Gasteiger partial charge is 0.494 e. The number of ether oxygens (including phenoxy) is 3. The molecular formula is C28H29Cl2N3O4. The SMILES string of the molecule is COC1=C(N(C)C(=O)CN)C(C)(OCc2ccccc2Cl)Nc2ccc(OCc3ccccc3Cl)cc21. The number of carbonyl (C=O) groups excluding carboxylic acids is 1.